The van der Waals surface area contributed by atoms with Gasteiger partial charge in [-0.3, -0.25) is 4.90 Å². The van der Waals surface area contributed by atoms with E-state index in [1.807, 2.05) is 0 Å². The Morgan fingerprint density at radius 1 is 1.17 bits per heavy atom. The first-order chi connectivity index (χ1) is 5.61. The Balaban J connectivity index is 2.31. The number of hydrogen-bond donors (Lipinski definition) is 0. The van der Waals surface area contributed by atoms with E-state index in [9.17, 15) is 0 Å². The van der Waals surface area contributed by atoms with Gasteiger partial charge in [-0.1, -0.05) is 0 Å². The van der Waals surface area contributed by atoms with Crippen molar-refractivity contribution in [2.75, 3.05) is 19.8 Å². The molecule has 0 aromatic carbocycles. The first-order valence-electron chi connectivity index (χ1n) is 4.94. The van der Waals surface area contributed by atoms with Crippen LogP contribution in [0.15, 0.2) is 0 Å². The minimum Gasteiger partial charge on any atom is -0.381 e. The monoisotopic (exact) mass is 171 g/mol. The van der Waals surface area contributed by atoms with Crippen LogP contribution >= 0.6 is 0 Å². The van der Waals surface area contributed by atoms with Crippen LogP contribution in [-0.2, 0) is 4.74 Å². The first-order valence-corrected chi connectivity index (χ1v) is 4.94. The second-order valence-corrected chi connectivity index (χ2v) is 4.29. The second kappa shape index (κ2) is 4.24. The molecule has 72 valence electrons. The molecular formula is C10H21NO. The zero-order chi connectivity index (χ0) is 9.14. The summed E-state index contributed by atoms with van der Waals surface area (Å²) in [7, 11) is 0. The van der Waals surface area contributed by atoms with Crippen molar-refractivity contribution >= 4 is 0 Å². The van der Waals surface area contributed by atoms with Crippen LogP contribution in [-0.4, -0.2) is 36.7 Å². The summed E-state index contributed by atoms with van der Waals surface area (Å²) in [5, 5.41) is 0. The lowest BCUT2D eigenvalue weighted by Gasteiger charge is -2.37. The SMILES string of the molecule is CC(C)N(CC1COC1)C(C)C. The van der Waals surface area contributed by atoms with Gasteiger partial charge in [-0.25, -0.2) is 0 Å². The number of ether oxygens (including phenoxy) is 1. The molecule has 0 amide bonds. The molecule has 1 aliphatic heterocycles. The van der Waals surface area contributed by atoms with Gasteiger partial charge in [0.25, 0.3) is 0 Å². The van der Waals surface area contributed by atoms with Gasteiger partial charge in [0.1, 0.15) is 0 Å². The van der Waals surface area contributed by atoms with Gasteiger partial charge in [0.2, 0.25) is 0 Å². The molecule has 1 aliphatic rings. The third-order valence-corrected chi connectivity index (χ3v) is 2.50. The van der Waals surface area contributed by atoms with Gasteiger partial charge in [-0.2, -0.15) is 0 Å². The fraction of sp³-hybridized carbons (Fsp3) is 1.00. The summed E-state index contributed by atoms with van der Waals surface area (Å²) in [4.78, 5) is 2.53. The molecule has 12 heavy (non-hydrogen) atoms. The molecule has 0 bridgehead atoms. The van der Waals surface area contributed by atoms with E-state index < -0.39 is 0 Å². The summed E-state index contributed by atoms with van der Waals surface area (Å²) in [5.74, 6) is 0.787. The highest BCUT2D eigenvalue weighted by Crippen LogP contribution is 2.15. The van der Waals surface area contributed by atoms with Gasteiger partial charge in [0.05, 0.1) is 13.2 Å². The number of nitrogens with zero attached hydrogens (tertiary/aromatic N) is 1. The molecule has 0 aliphatic carbocycles. The van der Waals surface area contributed by atoms with Crippen molar-refractivity contribution in [3.63, 3.8) is 0 Å². The van der Waals surface area contributed by atoms with Gasteiger partial charge < -0.3 is 4.74 Å². The molecule has 0 unspecified atom stereocenters. The lowest BCUT2D eigenvalue weighted by molar-refractivity contribution is -0.0541. The van der Waals surface area contributed by atoms with Crippen molar-refractivity contribution in [3.8, 4) is 0 Å². The van der Waals surface area contributed by atoms with E-state index in [2.05, 4.69) is 32.6 Å². The Kier molecular flexibility index (Phi) is 3.53. The van der Waals surface area contributed by atoms with Crippen molar-refractivity contribution in [1.82, 2.24) is 4.90 Å². The summed E-state index contributed by atoms with van der Waals surface area (Å²) in [6.07, 6.45) is 0. The highest BCUT2D eigenvalue weighted by Gasteiger charge is 2.24. The fourth-order valence-corrected chi connectivity index (χ4v) is 1.71. The molecule has 0 spiro atoms. The normalized spacial score (nSPS) is 19.2. The Morgan fingerprint density at radius 2 is 1.67 bits per heavy atom. The molecule has 0 saturated carbocycles. The molecule has 1 heterocycles. The van der Waals surface area contributed by atoms with Crippen LogP contribution in [0.1, 0.15) is 27.7 Å². The minimum atomic E-state index is 0.658. The molecule has 1 fully saturated rings. The summed E-state index contributed by atoms with van der Waals surface area (Å²) in [5.41, 5.74) is 0. The van der Waals surface area contributed by atoms with Gasteiger partial charge in [-0.15, -0.1) is 0 Å². The average Bonchev–Trinajstić information content (AvgIpc) is 1.82. The molecule has 0 radical (unpaired) electrons. The predicted molar refractivity (Wildman–Crippen MR) is 51.3 cm³/mol. The Labute approximate surface area is 75.9 Å². The highest BCUT2D eigenvalue weighted by molar-refractivity contribution is 4.75. The number of rotatable bonds is 4. The van der Waals surface area contributed by atoms with Gasteiger partial charge in [-0.05, 0) is 27.7 Å². The maximum absolute atomic E-state index is 5.17. The number of hydrogen-bond acceptors (Lipinski definition) is 2. The Hall–Kier alpha value is -0.0800. The van der Waals surface area contributed by atoms with Crippen molar-refractivity contribution < 1.29 is 4.74 Å². The summed E-state index contributed by atoms with van der Waals surface area (Å²) >= 11 is 0. The van der Waals surface area contributed by atoms with E-state index in [-0.39, 0.29) is 0 Å². The van der Waals surface area contributed by atoms with E-state index in [1.54, 1.807) is 0 Å². The second-order valence-electron chi connectivity index (χ2n) is 4.29. The third-order valence-electron chi connectivity index (χ3n) is 2.50. The third kappa shape index (κ3) is 2.46. The maximum atomic E-state index is 5.17. The molecule has 1 saturated heterocycles. The molecule has 2 heteroatoms. The quantitative estimate of drug-likeness (QED) is 0.639. The van der Waals surface area contributed by atoms with Gasteiger partial charge >= 0.3 is 0 Å². The zero-order valence-electron chi connectivity index (χ0n) is 8.71. The Bertz CT molecular complexity index is 122. The standard InChI is InChI=1S/C10H21NO/c1-8(2)11(9(3)4)5-10-6-12-7-10/h8-10H,5-7H2,1-4H3. The van der Waals surface area contributed by atoms with E-state index >= 15 is 0 Å². The van der Waals surface area contributed by atoms with Crippen molar-refractivity contribution in [1.29, 1.82) is 0 Å². The lowest BCUT2D eigenvalue weighted by atomic mass is 10.1. The van der Waals surface area contributed by atoms with E-state index in [4.69, 9.17) is 4.74 Å². The molecule has 1 rings (SSSR count). The van der Waals surface area contributed by atoms with E-state index in [0.29, 0.717) is 12.1 Å². The topological polar surface area (TPSA) is 12.5 Å². The van der Waals surface area contributed by atoms with Crippen LogP contribution in [0, 0.1) is 5.92 Å². The van der Waals surface area contributed by atoms with Crippen LogP contribution < -0.4 is 0 Å². The first kappa shape index (κ1) is 10.0. The maximum Gasteiger partial charge on any atom is 0.0528 e. The van der Waals surface area contributed by atoms with E-state index in [1.165, 1.54) is 6.54 Å². The smallest absolute Gasteiger partial charge is 0.0528 e. The zero-order valence-corrected chi connectivity index (χ0v) is 8.71. The summed E-state index contributed by atoms with van der Waals surface area (Å²) < 4.78 is 5.17. The van der Waals surface area contributed by atoms with E-state index in [0.717, 1.165) is 19.1 Å². The molecule has 0 N–H and O–H groups in total. The van der Waals surface area contributed by atoms with Crippen LogP contribution in [0.2, 0.25) is 0 Å². The van der Waals surface area contributed by atoms with Crippen molar-refractivity contribution in [2.45, 2.75) is 39.8 Å². The van der Waals surface area contributed by atoms with Crippen LogP contribution in [0.4, 0.5) is 0 Å². The molecule has 0 aromatic heterocycles. The average molecular weight is 171 g/mol. The lowest BCUT2D eigenvalue weighted by Crippen LogP contribution is -2.45. The molecular weight excluding hydrogens is 150 g/mol. The molecule has 2 nitrogen and oxygen atoms in total. The van der Waals surface area contributed by atoms with Crippen LogP contribution in [0.3, 0.4) is 0 Å². The largest absolute Gasteiger partial charge is 0.381 e. The molecule has 0 atom stereocenters. The summed E-state index contributed by atoms with van der Waals surface area (Å²) in [6.45, 7) is 12.2. The van der Waals surface area contributed by atoms with Gasteiger partial charge in [0, 0.05) is 24.5 Å². The van der Waals surface area contributed by atoms with Crippen molar-refractivity contribution in [3.05, 3.63) is 0 Å². The Morgan fingerprint density at radius 3 is 1.92 bits per heavy atom. The predicted octanol–water partition coefficient (Wildman–Crippen LogP) is 1.75. The molecule has 0 aromatic rings. The summed E-state index contributed by atoms with van der Waals surface area (Å²) in [6, 6.07) is 1.32. The van der Waals surface area contributed by atoms with Crippen LogP contribution in [0.5, 0.6) is 0 Å². The van der Waals surface area contributed by atoms with Crippen molar-refractivity contribution in [2.24, 2.45) is 5.92 Å². The van der Waals surface area contributed by atoms with Gasteiger partial charge in [0.15, 0.2) is 0 Å². The van der Waals surface area contributed by atoms with Crippen LogP contribution in [0.25, 0.3) is 0 Å². The minimum absolute atomic E-state index is 0.658. The highest BCUT2D eigenvalue weighted by atomic mass is 16.5. The fourth-order valence-electron chi connectivity index (χ4n) is 1.71.